The molecule has 1 amide bonds. The van der Waals surface area contributed by atoms with Crippen LogP contribution < -0.4 is 0 Å². The third kappa shape index (κ3) is 3.35. The molecule has 1 aromatic rings. The van der Waals surface area contributed by atoms with Crippen LogP contribution in [0.2, 0.25) is 0 Å². The normalized spacial score (nSPS) is 16.9. The maximum absolute atomic E-state index is 12.2. The Bertz CT molecular complexity index is 411. The number of piperidine rings is 1. The molecule has 0 aromatic heterocycles. The molecule has 0 bridgehead atoms. The molecule has 0 aliphatic carbocycles. The lowest BCUT2D eigenvalue weighted by atomic mass is 9.98. The van der Waals surface area contributed by atoms with Gasteiger partial charge in [-0.1, -0.05) is 40.2 Å². The van der Waals surface area contributed by atoms with E-state index in [2.05, 4.69) is 35.0 Å². The Morgan fingerprint density at radius 1 is 1.33 bits per heavy atom. The van der Waals surface area contributed by atoms with Gasteiger partial charge < -0.3 is 4.90 Å². The molecule has 18 heavy (non-hydrogen) atoms. The standard InChI is InChI=1S/C15H20BrNO/c1-12-4-2-3-5-14(12)10-15(18)17-8-6-13(11-16)7-9-17/h2-5,13H,6-11H2,1H3. The topological polar surface area (TPSA) is 20.3 Å². The predicted octanol–water partition coefficient (Wildman–Crippen LogP) is 3.17. The van der Waals surface area contributed by atoms with Gasteiger partial charge in [0.2, 0.25) is 5.91 Å². The number of aryl methyl sites for hydroxylation is 1. The smallest absolute Gasteiger partial charge is 0.226 e. The third-order valence-corrected chi connectivity index (χ3v) is 4.70. The summed E-state index contributed by atoms with van der Waals surface area (Å²) in [6.45, 7) is 3.90. The highest BCUT2D eigenvalue weighted by Gasteiger charge is 2.22. The van der Waals surface area contributed by atoms with E-state index >= 15 is 0 Å². The molecule has 1 aromatic carbocycles. The maximum atomic E-state index is 12.2. The van der Waals surface area contributed by atoms with Gasteiger partial charge in [0.1, 0.15) is 0 Å². The van der Waals surface area contributed by atoms with Crippen molar-refractivity contribution in [2.45, 2.75) is 26.2 Å². The van der Waals surface area contributed by atoms with Crippen LogP contribution in [0, 0.1) is 12.8 Å². The number of rotatable bonds is 3. The van der Waals surface area contributed by atoms with Crippen molar-refractivity contribution in [2.24, 2.45) is 5.92 Å². The molecule has 1 heterocycles. The Morgan fingerprint density at radius 3 is 2.61 bits per heavy atom. The summed E-state index contributed by atoms with van der Waals surface area (Å²) in [5.74, 6) is 1.02. The van der Waals surface area contributed by atoms with E-state index in [0.717, 1.165) is 42.7 Å². The molecule has 0 atom stereocenters. The zero-order valence-corrected chi connectivity index (χ0v) is 12.4. The Hall–Kier alpha value is -0.830. The first-order valence-corrected chi connectivity index (χ1v) is 7.71. The van der Waals surface area contributed by atoms with Crippen LogP contribution in [0.25, 0.3) is 0 Å². The SMILES string of the molecule is Cc1ccccc1CC(=O)N1CCC(CBr)CC1. The highest BCUT2D eigenvalue weighted by Crippen LogP contribution is 2.20. The Kier molecular flexibility index (Phi) is 4.81. The number of likely N-dealkylation sites (tertiary alicyclic amines) is 1. The van der Waals surface area contributed by atoms with E-state index in [1.165, 1.54) is 5.56 Å². The molecule has 2 nitrogen and oxygen atoms in total. The molecule has 3 heteroatoms. The number of hydrogen-bond donors (Lipinski definition) is 0. The van der Waals surface area contributed by atoms with Gasteiger partial charge in [0.15, 0.2) is 0 Å². The van der Waals surface area contributed by atoms with Crippen molar-refractivity contribution in [1.82, 2.24) is 4.90 Å². The molecule has 1 aliphatic rings. The number of nitrogens with zero attached hydrogens (tertiary/aromatic N) is 1. The van der Waals surface area contributed by atoms with Crippen LogP contribution in [-0.4, -0.2) is 29.2 Å². The van der Waals surface area contributed by atoms with Crippen molar-refractivity contribution in [3.8, 4) is 0 Å². The van der Waals surface area contributed by atoms with E-state index in [4.69, 9.17) is 0 Å². The van der Waals surface area contributed by atoms with Crippen LogP contribution in [-0.2, 0) is 11.2 Å². The maximum Gasteiger partial charge on any atom is 0.226 e. The van der Waals surface area contributed by atoms with Crippen LogP contribution in [0.1, 0.15) is 24.0 Å². The minimum absolute atomic E-state index is 0.275. The van der Waals surface area contributed by atoms with Gasteiger partial charge in [-0.25, -0.2) is 0 Å². The van der Waals surface area contributed by atoms with Crippen molar-refractivity contribution in [3.63, 3.8) is 0 Å². The van der Waals surface area contributed by atoms with Gasteiger partial charge in [-0.2, -0.15) is 0 Å². The van der Waals surface area contributed by atoms with Crippen molar-refractivity contribution in [2.75, 3.05) is 18.4 Å². The molecule has 0 saturated carbocycles. The Labute approximate surface area is 117 Å². The Balaban J connectivity index is 1.91. The summed E-state index contributed by atoms with van der Waals surface area (Å²) in [7, 11) is 0. The number of benzene rings is 1. The van der Waals surface area contributed by atoms with E-state index in [1.54, 1.807) is 0 Å². The summed E-state index contributed by atoms with van der Waals surface area (Å²) in [5.41, 5.74) is 2.37. The number of carbonyl (C=O) groups is 1. The average molecular weight is 310 g/mol. The average Bonchev–Trinajstić information content (AvgIpc) is 2.41. The quantitative estimate of drug-likeness (QED) is 0.785. The molecule has 0 N–H and O–H groups in total. The van der Waals surface area contributed by atoms with Crippen LogP contribution in [0.3, 0.4) is 0 Å². The second kappa shape index (κ2) is 6.37. The van der Waals surface area contributed by atoms with Gasteiger partial charge in [-0.3, -0.25) is 4.79 Å². The fourth-order valence-electron chi connectivity index (χ4n) is 2.42. The molecule has 0 spiro atoms. The van der Waals surface area contributed by atoms with E-state index in [0.29, 0.717) is 6.42 Å². The summed E-state index contributed by atoms with van der Waals surface area (Å²) in [4.78, 5) is 14.2. The van der Waals surface area contributed by atoms with Gasteiger partial charge in [0.05, 0.1) is 6.42 Å². The lowest BCUT2D eigenvalue weighted by Crippen LogP contribution is -2.39. The monoisotopic (exact) mass is 309 g/mol. The van der Waals surface area contributed by atoms with Crippen molar-refractivity contribution >= 4 is 21.8 Å². The van der Waals surface area contributed by atoms with Crippen LogP contribution in [0.4, 0.5) is 0 Å². The fourth-order valence-corrected chi connectivity index (χ4v) is 3.07. The molecule has 1 fully saturated rings. The van der Waals surface area contributed by atoms with E-state index in [-0.39, 0.29) is 5.91 Å². The van der Waals surface area contributed by atoms with Crippen LogP contribution >= 0.6 is 15.9 Å². The molecular formula is C15H20BrNO. The number of halogens is 1. The zero-order valence-electron chi connectivity index (χ0n) is 10.9. The lowest BCUT2D eigenvalue weighted by molar-refractivity contribution is -0.131. The number of alkyl halides is 1. The van der Waals surface area contributed by atoms with E-state index < -0.39 is 0 Å². The second-order valence-electron chi connectivity index (χ2n) is 5.08. The first kappa shape index (κ1) is 13.6. The highest BCUT2D eigenvalue weighted by atomic mass is 79.9. The van der Waals surface area contributed by atoms with Gasteiger partial charge in [-0.05, 0) is 36.8 Å². The lowest BCUT2D eigenvalue weighted by Gasteiger charge is -2.31. The molecule has 0 radical (unpaired) electrons. The molecular weight excluding hydrogens is 290 g/mol. The van der Waals surface area contributed by atoms with Gasteiger partial charge >= 0.3 is 0 Å². The first-order valence-electron chi connectivity index (χ1n) is 6.59. The zero-order chi connectivity index (χ0) is 13.0. The first-order chi connectivity index (χ1) is 8.70. The van der Waals surface area contributed by atoms with Crippen molar-refractivity contribution < 1.29 is 4.79 Å². The van der Waals surface area contributed by atoms with Gasteiger partial charge in [0, 0.05) is 18.4 Å². The Morgan fingerprint density at radius 2 is 2.00 bits per heavy atom. The van der Waals surface area contributed by atoms with Crippen LogP contribution in [0.15, 0.2) is 24.3 Å². The van der Waals surface area contributed by atoms with Gasteiger partial charge in [0.25, 0.3) is 0 Å². The van der Waals surface area contributed by atoms with Crippen LogP contribution in [0.5, 0.6) is 0 Å². The summed E-state index contributed by atoms with van der Waals surface area (Å²) in [6, 6.07) is 8.15. The van der Waals surface area contributed by atoms with Crippen molar-refractivity contribution in [1.29, 1.82) is 0 Å². The summed E-state index contributed by atoms with van der Waals surface area (Å²) in [6.07, 6.45) is 2.81. The van der Waals surface area contributed by atoms with E-state index in [9.17, 15) is 4.79 Å². The molecule has 2 rings (SSSR count). The predicted molar refractivity (Wildman–Crippen MR) is 78.0 cm³/mol. The highest BCUT2D eigenvalue weighted by molar-refractivity contribution is 9.09. The van der Waals surface area contributed by atoms with Gasteiger partial charge in [-0.15, -0.1) is 0 Å². The number of amides is 1. The third-order valence-electron chi connectivity index (χ3n) is 3.79. The second-order valence-corrected chi connectivity index (χ2v) is 5.73. The minimum Gasteiger partial charge on any atom is -0.342 e. The fraction of sp³-hybridized carbons (Fsp3) is 0.533. The van der Waals surface area contributed by atoms with E-state index in [1.807, 2.05) is 17.0 Å². The summed E-state index contributed by atoms with van der Waals surface area (Å²) < 4.78 is 0. The minimum atomic E-state index is 0.275. The summed E-state index contributed by atoms with van der Waals surface area (Å²) in [5, 5.41) is 1.06. The number of hydrogen-bond acceptors (Lipinski definition) is 1. The molecule has 1 saturated heterocycles. The van der Waals surface area contributed by atoms with Crippen molar-refractivity contribution in [3.05, 3.63) is 35.4 Å². The summed E-state index contributed by atoms with van der Waals surface area (Å²) >= 11 is 3.53. The molecule has 0 unspecified atom stereocenters. The molecule has 98 valence electrons. The largest absolute Gasteiger partial charge is 0.342 e. The molecule has 1 aliphatic heterocycles. The number of carbonyl (C=O) groups excluding carboxylic acids is 1.